The number of aromatic nitrogens is 2. The zero-order valence-corrected chi connectivity index (χ0v) is 13.1. The van der Waals surface area contributed by atoms with Gasteiger partial charge in [0.05, 0.1) is 0 Å². The summed E-state index contributed by atoms with van der Waals surface area (Å²) in [6, 6.07) is 9.63. The third-order valence-corrected chi connectivity index (χ3v) is 3.39. The van der Waals surface area contributed by atoms with Crippen molar-refractivity contribution < 1.29 is 0 Å². The molecule has 1 heterocycles. The Morgan fingerprint density at radius 1 is 1.05 bits per heavy atom. The number of rotatable bonds is 5. The number of hydrogen-bond donors (Lipinski definition) is 3. The Labute approximate surface area is 129 Å². The number of hydrogen-bond acceptors (Lipinski definition) is 5. The van der Waals surface area contributed by atoms with Crippen LogP contribution in [0.15, 0.2) is 30.3 Å². The first kappa shape index (κ1) is 15.5. The normalized spacial score (nSPS) is 12.3. The summed E-state index contributed by atoms with van der Waals surface area (Å²) in [5, 5.41) is 4.08. The van der Waals surface area contributed by atoms with Crippen LogP contribution in [0.3, 0.4) is 0 Å². The topological polar surface area (TPSA) is 75.9 Å². The SMILES string of the molecule is CC(C)c1nc(NN)cc(NC(C)c2ccc(Cl)cc2)n1. The lowest BCUT2D eigenvalue weighted by Gasteiger charge is -2.17. The first-order chi connectivity index (χ1) is 9.99. The van der Waals surface area contributed by atoms with E-state index in [1.165, 1.54) is 0 Å². The van der Waals surface area contributed by atoms with E-state index >= 15 is 0 Å². The number of anilines is 2. The molecule has 0 radical (unpaired) electrons. The minimum absolute atomic E-state index is 0.0998. The molecule has 1 aromatic carbocycles. The molecule has 1 atom stereocenters. The molecule has 0 spiro atoms. The van der Waals surface area contributed by atoms with Crippen molar-refractivity contribution in [2.24, 2.45) is 5.84 Å². The van der Waals surface area contributed by atoms with Gasteiger partial charge in [0.2, 0.25) is 0 Å². The molecule has 1 unspecified atom stereocenters. The molecule has 5 nitrogen and oxygen atoms in total. The molecule has 112 valence electrons. The predicted octanol–water partition coefficient (Wildman–Crippen LogP) is 3.71. The summed E-state index contributed by atoms with van der Waals surface area (Å²) in [6.45, 7) is 6.15. The van der Waals surface area contributed by atoms with E-state index in [0.29, 0.717) is 5.82 Å². The van der Waals surface area contributed by atoms with Gasteiger partial charge in [-0.2, -0.15) is 0 Å². The number of benzene rings is 1. The molecule has 2 aromatic rings. The molecule has 4 N–H and O–H groups in total. The molecule has 21 heavy (non-hydrogen) atoms. The van der Waals surface area contributed by atoms with Crippen LogP contribution in [0.1, 0.15) is 44.1 Å². The van der Waals surface area contributed by atoms with Crippen molar-refractivity contribution in [1.29, 1.82) is 0 Å². The second-order valence-corrected chi connectivity index (χ2v) is 5.65. The van der Waals surface area contributed by atoms with Crippen molar-refractivity contribution in [1.82, 2.24) is 9.97 Å². The van der Waals surface area contributed by atoms with E-state index in [0.717, 1.165) is 22.2 Å². The highest BCUT2D eigenvalue weighted by Crippen LogP contribution is 2.22. The first-order valence-corrected chi connectivity index (χ1v) is 7.25. The van der Waals surface area contributed by atoms with Gasteiger partial charge in [-0.25, -0.2) is 15.8 Å². The van der Waals surface area contributed by atoms with Crippen LogP contribution >= 0.6 is 11.6 Å². The van der Waals surface area contributed by atoms with Gasteiger partial charge in [-0.1, -0.05) is 37.6 Å². The first-order valence-electron chi connectivity index (χ1n) is 6.87. The van der Waals surface area contributed by atoms with E-state index in [1.807, 2.05) is 38.1 Å². The molecule has 1 aromatic heterocycles. The molecule has 2 rings (SSSR count). The Morgan fingerprint density at radius 2 is 1.67 bits per heavy atom. The fraction of sp³-hybridized carbons (Fsp3) is 0.333. The Hall–Kier alpha value is -1.85. The van der Waals surface area contributed by atoms with Gasteiger partial charge in [0.15, 0.2) is 0 Å². The zero-order chi connectivity index (χ0) is 15.4. The van der Waals surface area contributed by atoms with E-state index < -0.39 is 0 Å². The Balaban J connectivity index is 2.21. The minimum Gasteiger partial charge on any atom is -0.363 e. The average Bonchev–Trinajstić information content (AvgIpc) is 2.47. The van der Waals surface area contributed by atoms with Crippen LogP contribution in [0.25, 0.3) is 0 Å². The average molecular weight is 306 g/mol. The van der Waals surface area contributed by atoms with Crippen LogP contribution < -0.4 is 16.6 Å². The summed E-state index contributed by atoms with van der Waals surface area (Å²) >= 11 is 5.91. The van der Waals surface area contributed by atoms with Gasteiger partial charge < -0.3 is 10.7 Å². The van der Waals surface area contributed by atoms with Crippen molar-refractivity contribution in [3.63, 3.8) is 0 Å². The van der Waals surface area contributed by atoms with Gasteiger partial charge in [-0.3, -0.25) is 0 Å². The summed E-state index contributed by atoms with van der Waals surface area (Å²) in [6.07, 6.45) is 0. The van der Waals surface area contributed by atoms with Gasteiger partial charge in [-0.05, 0) is 24.6 Å². The Bertz CT molecular complexity index is 598. The van der Waals surface area contributed by atoms with Crippen molar-refractivity contribution in [3.05, 3.63) is 46.7 Å². The van der Waals surface area contributed by atoms with Crippen molar-refractivity contribution in [3.8, 4) is 0 Å². The number of nitrogens with two attached hydrogens (primary N) is 1. The molecule has 0 fully saturated rings. The zero-order valence-electron chi connectivity index (χ0n) is 12.4. The van der Waals surface area contributed by atoms with E-state index in [2.05, 4.69) is 27.6 Å². The molecule has 6 heteroatoms. The Kier molecular flexibility index (Phi) is 4.98. The fourth-order valence-corrected chi connectivity index (χ4v) is 2.05. The largest absolute Gasteiger partial charge is 0.363 e. The molecule has 0 aliphatic carbocycles. The molecule has 0 bridgehead atoms. The monoisotopic (exact) mass is 305 g/mol. The lowest BCUT2D eigenvalue weighted by Crippen LogP contribution is -2.14. The van der Waals surface area contributed by atoms with Crippen LogP contribution in [-0.2, 0) is 0 Å². The highest BCUT2D eigenvalue weighted by Gasteiger charge is 2.11. The summed E-state index contributed by atoms with van der Waals surface area (Å²) in [5.74, 6) is 7.77. The molecule has 0 saturated heterocycles. The van der Waals surface area contributed by atoms with E-state index in [-0.39, 0.29) is 12.0 Å². The maximum Gasteiger partial charge on any atom is 0.145 e. The number of nitrogens with one attached hydrogen (secondary N) is 2. The van der Waals surface area contributed by atoms with Crippen LogP contribution in [0.4, 0.5) is 11.6 Å². The van der Waals surface area contributed by atoms with Crippen molar-refractivity contribution in [2.45, 2.75) is 32.7 Å². The second-order valence-electron chi connectivity index (χ2n) is 5.21. The third-order valence-electron chi connectivity index (χ3n) is 3.14. The van der Waals surface area contributed by atoms with Gasteiger partial charge in [0, 0.05) is 23.0 Å². The van der Waals surface area contributed by atoms with Crippen LogP contribution in [0.2, 0.25) is 5.02 Å². The van der Waals surface area contributed by atoms with Gasteiger partial charge in [0.25, 0.3) is 0 Å². The fourth-order valence-electron chi connectivity index (χ4n) is 1.93. The predicted molar refractivity (Wildman–Crippen MR) is 87.4 cm³/mol. The Morgan fingerprint density at radius 3 is 2.24 bits per heavy atom. The number of nitrogen functional groups attached to an aromatic ring is 1. The molecule has 0 saturated carbocycles. The molecular weight excluding hydrogens is 286 g/mol. The number of hydrazine groups is 1. The lowest BCUT2D eigenvalue weighted by atomic mass is 10.1. The maximum absolute atomic E-state index is 5.91. The summed E-state index contributed by atoms with van der Waals surface area (Å²) in [5.41, 5.74) is 3.71. The number of nitrogens with zero attached hydrogens (tertiary/aromatic N) is 2. The van der Waals surface area contributed by atoms with Crippen molar-refractivity contribution >= 4 is 23.2 Å². The van der Waals surface area contributed by atoms with Gasteiger partial charge >= 0.3 is 0 Å². The highest BCUT2D eigenvalue weighted by molar-refractivity contribution is 6.30. The van der Waals surface area contributed by atoms with E-state index in [1.54, 1.807) is 6.07 Å². The second kappa shape index (κ2) is 6.74. The van der Waals surface area contributed by atoms with E-state index in [9.17, 15) is 0 Å². The molecule has 0 aliphatic heterocycles. The van der Waals surface area contributed by atoms with Crippen LogP contribution in [0, 0.1) is 0 Å². The molecule has 0 aliphatic rings. The smallest absolute Gasteiger partial charge is 0.145 e. The van der Waals surface area contributed by atoms with Crippen LogP contribution in [-0.4, -0.2) is 9.97 Å². The highest BCUT2D eigenvalue weighted by atomic mass is 35.5. The minimum atomic E-state index is 0.0998. The summed E-state index contributed by atoms with van der Waals surface area (Å²) in [7, 11) is 0. The maximum atomic E-state index is 5.91. The van der Waals surface area contributed by atoms with Gasteiger partial charge in [0.1, 0.15) is 17.5 Å². The standard InChI is InChI=1S/C15H20ClN5/c1-9(2)15-19-13(8-14(20-15)21-17)18-10(3)11-4-6-12(16)7-5-11/h4-10H,17H2,1-3H3,(H2,18,19,20,21). The van der Waals surface area contributed by atoms with E-state index in [4.69, 9.17) is 17.4 Å². The van der Waals surface area contributed by atoms with Crippen molar-refractivity contribution in [2.75, 3.05) is 10.7 Å². The molecule has 0 amide bonds. The summed E-state index contributed by atoms with van der Waals surface area (Å²) < 4.78 is 0. The van der Waals surface area contributed by atoms with Crippen LogP contribution in [0.5, 0.6) is 0 Å². The quantitative estimate of drug-likeness (QED) is 0.580. The lowest BCUT2D eigenvalue weighted by molar-refractivity contribution is 0.769. The molecular formula is C15H20ClN5. The van der Waals surface area contributed by atoms with Gasteiger partial charge in [-0.15, -0.1) is 0 Å². The third kappa shape index (κ3) is 4.06. The number of halogens is 1. The summed E-state index contributed by atoms with van der Waals surface area (Å²) in [4.78, 5) is 8.86.